The SMILES string of the molecule is COC(=O)[C@H]1CN(S(=O)(=O)c2cc(C(C)C)ccc2OC)c2ccccc2O1. The van der Waals surface area contributed by atoms with Crippen LogP contribution in [0, 0.1) is 0 Å². The Morgan fingerprint density at radius 3 is 2.54 bits per heavy atom. The van der Waals surface area contributed by atoms with Crippen LogP contribution in [-0.4, -0.2) is 41.3 Å². The lowest BCUT2D eigenvalue weighted by Crippen LogP contribution is -2.47. The maximum Gasteiger partial charge on any atom is 0.348 e. The fourth-order valence-electron chi connectivity index (χ4n) is 3.06. The van der Waals surface area contributed by atoms with Crippen molar-refractivity contribution in [2.75, 3.05) is 25.1 Å². The molecule has 0 fully saturated rings. The van der Waals surface area contributed by atoms with Crippen LogP contribution in [-0.2, 0) is 19.6 Å². The Kier molecular flexibility index (Phi) is 5.51. The second-order valence-electron chi connectivity index (χ2n) is 6.70. The summed E-state index contributed by atoms with van der Waals surface area (Å²) in [5.41, 5.74) is 1.23. The molecule has 150 valence electrons. The van der Waals surface area contributed by atoms with Crippen LogP contribution < -0.4 is 13.8 Å². The molecule has 2 aromatic carbocycles. The molecule has 3 rings (SSSR count). The average Bonchev–Trinajstić information content (AvgIpc) is 2.71. The van der Waals surface area contributed by atoms with Crippen LogP contribution in [0.1, 0.15) is 25.3 Å². The van der Waals surface area contributed by atoms with Crippen molar-refractivity contribution in [3.63, 3.8) is 0 Å². The number of fused-ring (bicyclic) bond motifs is 1. The van der Waals surface area contributed by atoms with Gasteiger partial charge in [0.2, 0.25) is 6.10 Å². The van der Waals surface area contributed by atoms with Crippen LogP contribution >= 0.6 is 0 Å². The highest BCUT2D eigenvalue weighted by Gasteiger charge is 2.39. The Bertz CT molecular complexity index is 986. The van der Waals surface area contributed by atoms with Crippen LogP contribution in [0.25, 0.3) is 0 Å². The molecule has 1 heterocycles. The Morgan fingerprint density at radius 1 is 1.18 bits per heavy atom. The van der Waals surface area contributed by atoms with Crippen LogP contribution in [0.5, 0.6) is 11.5 Å². The van der Waals surface area contributed by atoms with E-state index in [9.17, 15) is 13.2 Å². The number of esters is 1. The monoisotopic (exact) mass is 405 g/mol. The predicted octanol–water partition coefficient (Wildman–Crippen LogP) is 2.95. The van der Waals surface area contributed by atoms with E-state index in [0.29, 0.717) is 11.4 Å². The van der Waals surface area contributed by atoms with Crippen molar-refractivity contribution in [2.45, 2.75) is 30.8 Å². The number of carbonyl (C=O) groups excluding carboxylic acids is 1. The van der Waals surface area contributed by atoms with Crippen molar-refractivity contribution < 1.29 is 27.4 Å². The summed E-state index contributed by atoms with van der Waals surface area (Å²) in [6, 6.07) is 11.8. The van der Waals surface area contributed by atoms with Crippen molar-refractivity contribution >= 4 is 21.7 Å². The molecule has 2 aromatic rings. The number of carbonyl (C=O) groups is 1. The van der Waals surface area contributed by atoms with Crippen LogP contribution in [0.15, 0.2) is 47.4 Å². The van der Waals surface area contributed by atoms with Gasteiger partial charge in [0.1, 0.15) is 16.4 Å². The average molecular weight is 405 g/mol. The molecule has 1 atom stereocenters. The Balaban J connectivity index is 2.15. The minimum Gasteiger partial charge on any atom is -0.495 e. The van der Waals surface area contributed by atoms with Gasteiger partial charge in [0.25, 0.3) is 10.0 Å². The molecule has 7 nitrogen and oxygen atoms in total. The van der Waals surface area contributed by atoms with Gasteiger partial charge in [0.15, 0.2) is 0 Å². The van der Waals surface area contributed by atoms with E-state index in [2.05, 4.69) is 0 Å². The molecule has 0 saturated carbocycles. The largest absolute Gasteiger partial charge is 0.495 e. The van der Waals surface area contributed by atoms with E-state index in [0.717, 1.165) is 5.56 Å². The Labute approximate surface area is 164 Å². The fraction of sp³-hybridized carbons (Fsp3) is 0.350. The lowest BCUT2D eigenvalue weighted by molar-refractivity contribution is -0.148. The van der Waals surface area contributed by atoms with E-state index in [1.54, 1.807) is 36.4 Å². The number of ether oxygens (including phenoxy) is 3. The summed E-state index contributed by atoms with van der Waals surface area (Å²) >= 11 is 0. The van der Waals surface area contributed by atoms with Crippen LogP contribution in [0.2, 0.25) is 0 Å². The summed E-state index contributed by atoms with van der Waals surface area (Å²) in [6.45, 7) is 3.77. The van der Waals surface area contributed by atoms with E-state index in [1.807, 2.05) is 19.9 Å². The molecule has 0 aliphatic carbocycles. The maximum atomic E-state index is 13.6. The van der Waals surface area contributed by atoms with Crippen LogP contribution in [0.3, 0.4) is 0 Å². The molecule has 0 spiro atoms. The minimum atomic E-state index is -4.03. The molecule has 0 N–H and O–H groups in total. The van der Waals surface area contributed by atoms with Gasteiger partial charge in [-0.05, 0) is 35.7 Å². The Morgan fingerprint density at radius 2 is 1.89 bits per heavy atom. The number of para-hydroxylation sites is 2. The number of sulfonamides is 1. The second-order valence-corrected chi connectivity index (χ2v) is 8.53. The molecule has 0 radical (unpaired) electrons. The Hall–Kier alpha value is -2.74. The number of hydrogen-bond acceptors (Lipinski definition) is 6. The summed E-state index contributed by atoms with van der Waals surface area (Å²) < 4.78 is 44.1. The maximum absolute atomic E-state index is 13.6. The molecule has 1 aliphatic rings. The zero-order valence-electron chi connectivity index (χ0n) is 16.2. The van der Waals surface area contributed by atoms with Crippen LogP contribution in [0.4, 0.5) is 5.69 Å². The van der Waals surface area contributed by atoms with E-state index >= 15 is 0 Å². The molecular formula is C20H23NO6S. The number of nitrogens with zero attached hydrogens (tertiary/aromatic N) is 1. The number of methoxy groups -OCH3 is 2. The molecular weight excluding hydrogens is 382 g/mol. The molecule has 0 saturated heterocycles. The summed E-state index contributed by atoms with van der Waals surface area (Å²) in [5.74, 6) is 0.0342. The third-order valence-electron chi connectivity index (χ3n) is 4.62. The topological polar surface area (TPSA) is 82.1 Å². The third-order valence-corrected chi connectivity index (χ3v) is 6.42. The molecule has 0 unspecified atom stereocenters. The van der Waals surface area contributed by atoms with Gasteiger partial charge in [-0.3, -0.25) is 4.31 Å². The third kappa shape index (κ3) is 3.52. The van der Waals surface area contributed by atoms with Gasteiger partial charge in [-0.1, -0.05) is 32.0 Å². The second kappa shape index (κ2) is 7.71. The van der Waals surface area contributed by atoms with Crippen molar-refractivity contribution in [2.24, 2.45) is 0 Å². The number of anilines is 1. The fourth-order valence-corrected chi connectivity index (χ4v) is 4.73. The first-order valence-corrected chi connectivity index (χ1v) is 10.3. The lowest BCUT2D eigenvalue weighted by atomic mass is 10.0. The summed E-state index contributed by atoms with van der Waals surface area (Å²) in [6.07, 6.45) is -1.06. The molecule has 28 heavy (non-hydrogen) atoms. The lowest BCUT2D eigenvalue weighted by Gasteiger charge is -2.34. The van der Waals surface area contributed by atoms with Gasteiger partial charge in [0.05, 0.1) is 26.5 Å². The standard InChI is InChI=1S/C20H23NO6S/c1-13(2)14-9-10-17(25-3)19(11-14)28(23,24)21-12-18(20(22)26-4)27-16-8-6-5-7-15(16)21/h5-11,13,18H,12H2,1-4H3/t18-/m1/s1. The summed E-state index contributed by atoms with van der Waals surface area (Å²) in [7, 11) is -1.37. The molecule has 8 heteroatoms. The summed E-state index contributed by atoms with van der Waals surface area (Å²) in [5, 5.41) is 0. The number of benzene rings is 2. The zero-order valence-corrected chi connectivity index (χ0v) is 17.0. The highest BCUT2D eigenvalue weighted by molar-refractivity contribution is 7.93. The highest BCUT2D eigenvalue weighted by Crippen LogP contribution is 2.39. The molecule has 0 aromatic heterocycles. The van der Waals surface area contributed by atoms with E-state index in [-0.39, 0.29) is 23.1 Å². The van der Waals surface area contributed by atoms with Gasteiger partial charge >= 0.3 is 5.97 Å². The van der Waals surface area contributed by atoms with Gasteiger partial charge in [-0.2, -0.15) is 0 Å². The first-order chi connectivity index (χ1) is 13.3. The van der Waals surface area contributed by atoms with Gasteiger partial charge in [-0.15, -0.1) is 0 Å². The van der Waals surface area contributed by atoms with E-state index < -0.39 is 22.1 Å². The highest BCUT2D eigenvalue weighted by atomic mass is 32.2. The molecule has 1 aliphatic heterocycles. The van der Waals surface area contributed by atoms with Crippen molar-refractivity contribution in [1.29, 1.82) is 0 Å². The number of rotatable bonds is 5. The molecule has 0 amide bonds. The first-order valence-electron chi connectivity index (χ1n) is 8.83. The van der Waals surface area contributed by atoms with E-state index in [1.165, 1.54) is 18.5 Å². The predicted molar refractivity (Wildman–Crippen MR) is 104 cm³/mol. The number of hydrogen-bond donors (Lipinski definition) is 0. The van der Waals surface area contributed by atoms with Crippen molar-refractivity contribution in [3.05, 3.63) is 48.0 Å². The quantitative estimate of drug-likeness (QED) is 0.712. The van der Waals surface area contributed by atoms with Gasteiger partial charge < -0.3 is 14.2 Å². The van der Waals surface area contributed by atoms with Crippen molar-refractivity contribution in [3.8, 4) is 11.5 Å². The van der Waals surface area contributed by atoms with Crippen molar-refractivity contribution in [1.82, 2.24) is 0 Å². The zero-order chi connectivity index (χ0) is 20.5. The smallest absolute Gasteiger partial charge is 0.348 e. The first kappa shape index (κ1) is 20.0. The normalized spacial score (nSPS) is 16.3. The van der Waals surface area contributed by atoms with Gasteiger partial charge in [0, 0.05) is 0 Å². The molecule has 0 bridgehead atoms. The minimum absolute atomic E-state index is 0.0431. The summed E-state index contributed by atoms with van der Waals surface area (Å²) in [4.78, 5) is 12.1. The van der Waals surface area contributed by atoms with Gasteiger partial charge in [-0.25, -0.2) is 13.2 Å². The van der Waals surface area contributed by atoms with E-state index in [4.69, 9.17) is 14.2 Å².